The first-order valence-electron chi connectivity index (χ1n) is 7.25. The van der Waals surface area contributed by atoms with Crippen molar-refractivity contribution in [1.82, 2.24) is 20.2 Å². The SMILES string of the molecule is CCCCC(C(=O)O)n1nnnc1CCc1ccccc1. The average molecular weight is 288 g/mol. The third kappa shape index (κ3) is 4.11. The molecule has 6 nitrogen and oxygen atoms in total. The number of carboxylic acids is 1. The number of nitrogens with zero attached hydrogens (tertiary/aromatic N) is 4. The van der Waals surface area contributed by atoms with E-state index < -0.39 is 12.0 Å². The average Bonchev–Trinajstić information content (AvgIpc) is 2.94. The lowest BCUT2D eigenvalue weighted by Crippen LogP contribution is -2.22. The summed E-state index contributed by atoms with van der Waals surface area (Å²) in [4.78, 5) is 11.4. The fourth-order valence-corrected chi connectivity index (χ4v) is 2.27. The van der Waals surface area contributed by atoms with E-state index in [1.165, 1.54) is 10.2 Å². The monoisotopic (exact) mass is 288 g/mol. The Morgan fingerprint density at radius 3 is 2.71 bits per heavy atom. The molecule has 112 valence electrons. The van der Waals surface area contributed by atoms with Gasteiger partial charge in [0.05, 0.1) is 0 Å². The van der Waals surface area contributed by atoms with Crippen LogP contribution in [-0.2, 0) is 17.6 Å². The van der Waals surface area contributed by atoms with Crippen LogP contribution in [0.25, 0.3) is 0 Å². The van der Waals surface area contributed by atoms with Crippen LogP contribution in [0, 0.1) is 0 Å². The Balaban J connectivity index is 2.07. The van der Waals surface area contributed by atoms with E-state index in [1.807, 2.05) is 37.3 Å². The van der Waals surface area contributed by atoms with Crippen LogP contribution in [-0.4, -0.2) is 31.3 Å². The number of unbranched alkanes of at least 4 members (excludes halogenated alkanes) is 1. The number of carboxylic acid groups (broad SMARTS) is 1. The Morgan fingerprint density at radius 2 is 2.05 bits per heavy atom. The van der Waals surface area contributed by atoms with Crippen molar-refractivity contribution in [3.05, 3.63) is 41.7 Å². The van der Waals surface area contributed by atoms with Crippen LogP contribution >= 0.6 is 0 Å². The van der Waals surface area contributed by atoms with Crippen molar-refractivity contribution in [2.45, 2.75) is 45.1 Å². The summed E-state index contributed by atoms with van der Waals surface area (Å²) in [6.45, 7) is 2.04. The van der Waals surface area contributed by atoms with Crippen LogP contribution in [0.3, 0.4) is 0 Å². The summed E-state index contributed by atoms with van der Waals surface area (Å²) in [7, 11) is 0. The minimum Gasteiger partial charge on any atom is -0.480 e. The van der Waals surface area contributed by atoms with Gasteiger partial charge < -0.3 is 5.11 Å². The van der Waals surface area contributed by atoms with Gasteiger partial charge in [-0.25, -0.2) is 9.48 Å². The summed E-state index contributed by atoms with van der Waals surface area (Å²) < 4.78 is 1.46. The van der Waals surface area contributed by atoms with Crippen molar-refractivity contribution in [3.8, 4) is 0 Å². The fourth-order valence-electron chi connectivity index (χ4n) is 2.27. The van der Waals surface area contributed by atoms with Crippen molar-refractivity contribution < 1.29 is 9.90 Å². The zero-order valence-corrected chi connectivity index (χ0v) is 12.1. The number of carbonyl (C=O) groups is 1. The third-order valence-electron chi connectivity index (χ3n) is 3.45. The second kappa shape index (κ2) is 7.52. The van der Waals surface area contributed by atoms with E-state index in [9.17, 15) is 9.90 Å². The second-order valence-electron chi connectivity index (χ2n) is 5.02. The molecule has 2 rings (SSSR count). The van der Waals surface area contributed by atoms with Gasteiger partial charge in [-0.15, -0.1) is 5.10 Å². The van der Waals surface area contributed by atoms with Gasteiger partial charge in [-0.05, 0) is 28.8 Å². The number of tetrazole rings is 1. The predicted octanol–water partition coefficient (Wildman–Crippen LogP) is 2.27. The smallest absolute Gasteiger partial charge is 0.328 e. The summed E-state index contributed by atoms with van der Waals surface area (Å²) >= 11 is 0. The molecule has 1 heterocycles. The highest BCUT2D eigenvalue weighted by Crippen LogP contribution is 2.16. The molecule has 0 saturated heterocycles. The normalized spacial score (nSPS) is 12.2. The van der Waals surface area contributed by atoms with Gasteiger partial charge in [0.15, 0.2) is 11.9 Å². The third-order valence-corrected chi connectivity index (χ3v) is 3.45. The topological polar surface area (TPSA) is 80.9 Å². The van der Waals surface area contributed by atoms with Crippen LogP contribution in [0.5, 0.6) is 0 Å². The van der Waals surface area contributed by atoms with Crippen LogP contribution in [0.15, 0.2) is 30.3 Å². The number of aromatic nitrogens is 4. The molecule has 1 aromatic carbocycles. The fraction of sp³-hybridized carbons (Fsp3) is 0.467. The van der Waals surface area contributed by atoms with Crippen LogP contribution < -0.4 is 0 Å². The Labute approximate surface area is 123 Å². The molecule has 1 aromatic heterocycles. The first-order chi connectivity index (χ1) is 10.2. The quantitative estimate of drug-likeness (QED) is 0.806. The zero-order valence-electron chi connectivity index (χ0n) is 12.1. The maximum atomic E-state index is 11.4. The maximum Gasteiger partial charge on any atom is 0.328 e. The molecule has 1 N–H and O–H groups in total. The first kappa shape index (κ1) is 15.2. The van der Waals surface area contributed by atoms with E-state index in [0.29, 0.717) is 18.7 Å². The minimum absolute atomic E-state index is 0.551. The molecule has 0 radical (unpaired) electrons. The van der Waals surface area contributed by atoms with Crippen molar-refractivity contribution in [2.24, 2.45) is 0 Å². The van der Waals surface area contributed by atoms with Gasteiger partial charge in [0.1, 0.15) is 0 Å². The molecule has 0 saturated carbocycles. The van der Waals surface area contributed by atoms with Crippen molar-refractivity contribution >= 4 is 5.97 Å². The summed E-state index contributed by atoms with van der Waals surface area (Å²) in [5, 5.41) is 20.9. The molecule has 0 spiro atoms. The van der Waals surface area contributed by atoms with Gasteiger partial charge >= 0.3 is 5.97 Å². The zero-order chi connectivity index (χ0) is 15.1. The Hall–Kier alpha value is -2.24. The molecule has 0 aliphatic carbocycles. The molecule has 0 fully saturated rings. The van der Waals surface area contributed by atoms with Crippen LogP contribution in [0.1, 0.15) is 43.6 Å². The molecule has 21 heavy (non-hydrogen) atoms. The predicted molar refractivity (Wildman–Crippen MR) is 77.9 cm³/mol. The second-order valence-corrected chi connectivity index (χ2v) is 5.02. The highest BCUT2D eigenvalue weighted by molar-refractivity contribution is 5.71. The van der Waals surface area contributed by atoms with E-state index in [2.05, 4.69) is 15.5 Å². The highest BCUT2D eigenvalue weighted by Gasteiger charge is 2.23. The molecule has 0 aliphatic heterocycles. The van der Waals surface area contributed by atoms with E-state index in [4.69, 9.17) is 0 Å². The number of hydrogen-bond acceptors (Lipinski definition) is 4. The Morgan fingerprint density at radius 1 is 1.29 bits per heavy atom. The molecular weight excluding hydrogens is 268 g/mol. The molecule has 1 unspecified atom stereocenters. The summed E-state index contributed by atoms with van der Waals surface area (Å²) in [6.07, 6.45) is 3.77. The summed E-state index contributed by atoms with van der Waals surface area (Å²) in [5.41, 5.74) is 1.19. The molecular formula is C15H20N4O2. The largest absolute Gasteiger partial charge is 0.480 e. The van der Waals surface area contributed by atoms with Gasteiger partial charge in [-0.1, -0.05) is 50.1 Å². The minimum atomic E-state index is -0.878. The molecule has 0 bridgehead atoms. The van der Waals surface area contributed by atoms with Gasteiger partial charge in [-0.3, -0.25) is 0 Å². The van der Waals surface area contributed by atoms with E-state index in [1.54, 1.807) is 0 Å². The molecule has 6 heteroatoms. The van der Waals surface area contributed by atoms with Crippen LogP contribution in [0.2, 0.25) is 0 Å². The van der Waals surface area contributed by atoms with E-state index in [-0.39, 0.29) is 0 Å². The Bertz CT molecular complexity index is 568. The maximum absolute atomic E-state index is 11.4. The summed E-state index contributed by atoms with van der Waals surface area (Å²) in [5.74, 6) is -0.251. The number of benzene rings is 1. The number of aryl methyl sites for hydroxylation is 2. The summed E-state index contributed by atoms with van der Waals surface area (Å²) in [6, 6.07) is 9.35. The van der Waals surface area contributed by atoms with Gasteiger partial charge in [0.25, 0.3) is 0 Å². The number of rotatable bonds is 8. The van der Waals surface area contributed by atoms with Crippen molar-refractivity contribution in [3.63, 3.8) is 0 Å². The van der Waals surface area contributed by atoms with Gasteiger partial charge in [0, 0.05) is 6.42 Å². The lowest BCUT2D eigenvalue weighted by molar-refractivity contribution is -0.141. The van der Waals surface area contributed by atoms with Crippen molar-refractivity contribution in [2.75, 3.05) is 0 Å². The van der Waals surface area contributed by atoms with E-state index >= 15 is 0 Å². The van der Waals surface area contributed by atoms with Crippen LogP contribution in [0.4, 0.5) is 0 Å². The number of aliphatic carboxylic acids is 1. The first-order valence-corrected chi connectivity index (χ1v) is 7.25. The Kier molecular flexibility index (Phi) is 5.43. The molecule has 0 amide bonds. The van der Waals surface area contributed by atoms with Gasteiger partial charge in [0.2, 0.25) is 0 Å². The molecule has 2 aromatic rings. The highest BCUT2D eigenvalue weighted by atomic mass is 16.4. The van der Waals surface area contributed by atoms with Crippen molar-refractivity contribution in [1.29, 1.82) is 0 Å². The lowest BCUT2D eigenvalue weighted by atomic mass is 10.1. The van der Waals surface area contributed by atoms with E-state index in [0.717, 1.165) is 19.3 Å². The number of hydrogen-bond donors (Lipinski definition) is 1. The molecule has 1 atom stereocenters. The lowest BCUT2D eigenvalue weighted by Gasteiger charge is -2.13. The molecule has 0 aliphatic rings. The standard InChI is InChI=1S/C15H20N4O2/c1-2-3-9-13(15(20)21)19-14(16-17-18-19)11-10-12-7-5-4-6-8-12/h4-8,13H,2-3,9-11H2,1H3,(H,20,21). The van der Waals surface area contributed by atoms with Gasteiger partial charge in [-0.2, -0.15) is 0 Å².